The summed E-state index contributed by atoms with van der Waals surface area (Å²) < 4.78 is 1.17. The van der Waals surface area contributed by atoms with Crippen LogP contribution in [0, 0.1) is 0 Å². The van der Waals surface area contributed by atoms with Crippen LogP contribution < -0.4 is 0 Å². The van der Waals surface area contributed by atoms with Gasteiger partial charge in [0.15, 0.2) is 0 Å². The molecule has 56 valence electrons. The predicted octanol–water partition coefficient (Wildman–Crippen LogP) is 3.41. The minimum absolute atomic E-state index is 1.17. The van der Waals surface area contributed by atoms with Crippen LogP contribution in [-0.4, -0.2) is 24.6 Å². The van der Waals surface area contributed by atoms with E-state index in [1.54, 1.807) is 0 Å². The van der Waals surface area contributed by atoms with Gasteiger partial charge in [-0.3, -0.25) is 0 Å². The predicted molar refractivity (Wildman–Crippen MR) is 51.5 cm³/mol. The van der Waals surface area contributed by atoms with Crippen molar-refractivity contribution in [3.63, 3.8) is 0 Å². The average molecular weight is 292 g/mol. The molecule has 0 aliphatic rings. The van der Waals surface area contributed by atoms with E-state index in [0.717, 1.165) is 0 Å². The summed E-state index contributed by atoms with van der Waals surface area (Å²) in [5.41, 5.74) is 0. The second kappa shape index (κ2) is 3.33. The molecule has 0 aliphatic carbocycles. The van der Waals surface area contributed by atoms with Crippen molar-refractivity contribution in [2.24, 2.45) is 0 Å². The molecule has 0 aromatic carbocycles. The Hall–Kier alpha value is 1.60. The molecule has 0 heterocycles. The van der Waals surface area contributed by atoms with Crippen LogP contribution in [0.25, 0.3) is 0 Å². The van der Waals surface area contributed by atoms with Gasteiger partial charge in [-0.15, -0.1) is 0 Å². The van der Waals surface area contributed by atoms with Crippen molar-refractivity contribution in [3.8, 4) is 0 Å². The normalized spacial score (nSPS) is 14.0. The Kier molecular flexibility index (Phi) is 3.92. The Morgan fingerprint density at radius 1 is 1.33 bits per heavy atom. The van der Waals surface area contributed by atoms with Crippen LogP contribution in [0.3, 0.4) is 0 Å². The van der Waals surface area contributed by atoms with E-state index in [0.29, 0.717) is 0 Å². The van der Waals surface area contributed by atoms with Crippen LogP contribution in [-0.2, 0) is 0 Å². The van der Waals surface area contributed by atoms with E-state index < -0.39 is 24.6 Å². The van der Waals surface area contributed by atoms with E-state index in [2.05, 4.69) is 23.0 Å². The zero-order valence-corrected chi connectivity index (χ0v) is 11.8. The minimum atomic E-state index is -2.04. The van der Waals surface area contributed by atoms with Gasteiger partial charge in [-0.05, 0) is 0 Å². The summed E-state index contributed by atoms with van der Waals surface area (Å²) in [4.78, 5) is 4.43. The monoisotopic (exact) mass is 292 g/mol. The quantitative estimate of drug-likeness (QED) is 0.540. The first-order valence-corrected chi connectivity index (χ1v) is 18.6. The number of hydrogen-bond acceptors (Lipinski definition) is 0. The SMILES string of the molecule is C[Si](C)(Cl)[CH2][Sn]([CH3])([CH3])[Cl]. The average Bonchev–Trinajstić information content (AvgIpc) is 1.14. The van der Waals surface area contributed by atoms with Crippen molar-refractivity contribution >= 4 is 44.6 Å². The van der Waals surface area contributed by atoms with Crippen LogP contribution in [0.15, 0.2) is 0 Å². The van der Waals surface area contributed by atoms with Gasteiger partial charge in [0, 0.05) is 0 Å². The molecule has 0 radical (unpaired) electrons. The maximum absolute atomic E-state index is 6.18. The molecular formula is C5H14Cl2SiSn. The fraction of sp³-hybridized carbons (Fsp3) is 1.00. The third-order valence-electron chi connectivity index (χ3n) is 0.841. The molecule has 0 saturated heterocycles. The summed E-state index contributed by atoms with van der Waals surface area (Å²) in [7, 11) is 4.82. The molecular weight excluding hydrogens is 278 g/mol. The van der Waals surface area contributed by atoms with Gasteiger partial charge in [0.05, 0.1) is 0 Å². The van der Waals surface area contributed by atoms with E-state index in [1.807, 2.05) is 0 Å². The molecule has 4 heteroatoms. The first kappa shape index (κ1) is 10.6. The zero-order chi connectivity index (χ0) is 7.71. The molecule has 0 atom stereocenters. The summed E-state index contributed by atoms with van der Waals surface area (Å²) in [5, 5.41) is 0. The van der Waals surface area contributed by atoms with Crippen molar-refractivity contribution in [1.29, 1.82) is 0 Å². The van der Waals surface area contributed by atoms with E-state index in [1.165, 1.54) is 4.06 Å². The fourth-order valence-electron chi connectivity index (χ4n) is 1.000. The van der Waals surface area contributed by atoms with E-state index in [9.17, 15) is 0 Å². The first-order valence-electron chi connectivity index (χ1n) is 3.09. The fourth-order valence-corrected chi connectivity index (χ4v) is 34.9. The van der Waals surface area contributed by atoms with Crippen molar-refractivity contribution < 1.29 is 0 Å². The standard InChI is InChI=1S/C3H8ClSi.2CH3.ClH.Sn/c1-5(2,3)4;;;;/h1H2,2-3H3;2*1H3;1H;/q;;;;+1/p-1. The van der Waals surface area contributed by atoms with Crippen molar-refractivity contribution in [3.05, 3.63) is 0 Å². The molecule has 0 aromatic rings. The second-order valence-corrected chi connectivity index (χ2v) is 30.2. The number of rotatable bonds is 2. The van der Waals surface area contributed by atoms with Gasteiger partial charge in [-0.25, -0.2) is 0 Å². The summed E-state index contributed by atoms with van der Waals surface area (Å²) in [6.45, 7) is 4.32. The summed E-state index contributed by atoms with van der Waals surface area (Å²) in [6, 6.07) is 0. The number of halogens is 2. The topological polar surface area (TPSA) is 0 Å². The zero-order valence-electron chi connectivity index (χ0n) is 6.46. The van der Waals surface area contributed by atoms with Gasteiger partial charge in [0.25, 0.3) is 0 Å². The Morgan fingerprint density at radius 3 is 1.67 bits per heavy atom. The first-order chi connectivity index (χ1) is 3.71. The molecule has 0 aliphatic heterocycles. The molecule has 0 aromatic heterocycles. The van der Waals surface area contributed by atoms with Crippen molar-refractivity contribution in [2.75, 3.05) is 0 Å². The molecule has 0 bridgehead atoms. The third kappa shape index (κ3) is 9.60. The van der Waals surface area contributed by atoms with Gasteiger partial charge in [-0.1, -0.05) is 0 Å². The molecule has 0 spiro atoms. The molecule has 9 heavy (non-hydrogen) atoms. The summed E-state index contributed by atoms with van der Waals surface area (Å²) in [6.07, 6.45) is 0. The van der Waals surface area contributed by atoms with Gasteiger partial charge in [0.2, 0.25) is 0 Å². The Morgan fingerprint density at radius 2 is 1.67 bits per heavy atom. The van der Waals surface area contributed by atoms with Gasteiger partial charge in [-0.2, -0.15) is 0 Å². The Labute approximate surface area is 71.2 Å². The number of hydrogen-bond donors (Lipinski definition) is 0. The van der Waals surface area contributed by atoms with Gasteiger partial charge < -0.3 is 0 Å². The van der Waals surface area contributed by atoms with Crippen LogP contribution in [0.4, 0.5) is 0 Å². The van der Waals surface area contributed by atoms with E-state index in [4.69, 9.17) is 20.0 Å². The Bertz CT molecular complexity index is 80.1. The molecule has 0 unspecified atom stereocenters. The van der Waals surface area contributed by atoms with Crippen molar-refractivity contribution in [1.82, 2.24) is 0 Å². The molecule has 0 fully saturated rings. The second-order valence-electron chi connectivity index (χ2n) is 3.61. The van der Waals surface area contributed by atoms with Gasteiger partial charge >= 0.3 is 71.7 Å². The van der Waals surface area contributed by atoms with Crippen LogP contribution in [0.1, 0.15) is 0 Å². The van der Waals surface area contributed by atoms with Crippen LogP contribution >= 0.6 is 20.0 Å². The van der Waals surface area contributed by atoms with E-state index >= 15 is 0 Å². The van der Waals surface area contributed by atoms with Crippen LogP contribution in [0.2, 0.25) is 27.0 Å². The summed E-state index contributed by atoms with van der Waals surface area (Å²) in [5.74, 6) is 0. The Balaban J connectivity index is 3.75. The molecule has 0 nitrogen and oxygen atoms in total. The molecule has 0 saturated carbocycles. The van der Waals surface area contributed by atoms with Gasteiger partial charge in [0.1, 0.15) is 0 Å². The van der Waals surface area contributed by atoms with E-state index in [-0.39, 0.29) is 0 Å². The van der Waals surface area contributed by atoms with Crippen LogP contribution in [0.5, 0.6) is 0 Å². The summed E-state index contributed by atoms with van der Waals surface area (Å²) >= 11 is 4.08. The van der Waals surface area contributed by atoms with Crippen molar-refractivity contribution in [2.45, 2.75) is 27.0 Å². The molecule has 0 N–H and O–H groups in total. The third-order valence-corrected chi connectivity index (χ3v) is 22.3. The maximum atomic E-state index is 6.18. The molecule has 0 rings (SSSR count). The molecule has 0 amide bonds.